The lowest BCUT2D eigenvalue weighted by Crippen LogP contribution is -2.30. The molecule has 146 valence electrons. The van der Waals surface area contributed by atoms with Crippen LogP contribution < -0.4 is 5.32 Å². The summed E-state index contributed by atoms with van der Waals surface area (Å²) >= 11 is 1.49. The Balaban J connectivity index is 1.32. The third-order valence-electron chi connectivity index (χ3n) is 4.35. The Kier molecular flexibility index (Phi) is 5.66. The van der Waals surface area contributed by atoms with Crippen molar-refractivity contribution in [3.05, 3.63) is 59.4 Å². The van der Waals surface area contributed by atoms with Crippen LogP contribution >= 0.6 is 11.3 Å². The van der Waals surface area contributed by atoms with Crippen LogP contribution in [0.15, 0.2) is 48.5 Å². The molecule has 29 heavy (non-hydrogen) atoms. The van der Waals surface area contributed by atoms with Crippen LogP contribution in [-0.4, -0.2) is 43.8 Å². The summed E-state index contributed by atoms with van der Waals surface area (Å²) in [4.78, 5) is 28.6. The number of aromatic nitrogens is 5. The van der Waals surface area contributed by atoms with E-state index in [0.29, 0.717) is 12.2 Å². The van der Waals surface area contributed by atoms with Crippen LogP contribution in [0.1, 0.15) is 17.3 Å². The molecule has 2 heterocycles. The molecule has 2 aromatic carbocycles. The highest BCUT2D eigenvalue weighted by Crippen LogP contribution is 2.28. The first kappa shape index (κ1) is 18.9. The smallest absolute Gasteiger partial charge is 0.227 e. The molecule has 0 radical (unpaired) electrons. The number of amides is 1. The summed E-state index contributed by atoms with van der Waals surface area (Å²) < 4.78 is 1.03. The fraction of sp³-hybridized carbons (Fsp3) is 0.200. The number of fused-ring (bicyclic) bond motifs is 1. The lowest BCUT2D eigenvalue weighted by Gasteiger charge is -2.02. The highest BCUT2D eigenvalue weighted by Gasteiger charge is 2.12. The normalized spacial score (nSPS) is 10.9. The minimum atomic E-state index is -0.222. The largest absolute Gasteiger partial charge is 0.349 e. The van der Waals surface area contributed by atoms with Gasteiger partial charge in [0.1, 0.15) is 5.01 Å². The summed E-state index contributed by atoms with van der Waals surface area (Å²) in [6, 6.07) is 16.2. The fourth-order valence-corrected chi connectivity index (χ4v) is 3.89. The maximum Gasteiger partial charge on any atom is 0.227 e. The summed E-state index contributed by atoms with van der Waals surface area (Å²) in [7, 11) is 0. The van der Waals surface area contributed by atoms with Gasteiger partial charge in [-0.25, -0.2) is 4.98 Å². The van der Waals surface area contributed by atoms with Crippen molar-refractivity contribution in [2.75, 3.05) is 6.54 Å². The first-order valence-corrected chi connectivity index (χ1v) is 9.94. The van der Waals surface area contributed by atoms with Gasteiger partial charge in [0.25, 0.3) is 0 Å². The van der Waals surface area contributed by atoms with Gasteiger partial charge >= 0.3 is 0 Å². The molecule has 0 atom stereocenters. The van der Waals surface area contributed by atoms with E-state index in [0.717, 1.165) is 26.4 Å². The number of aromatic amines is 1. The van der Waals surface area contributed by atoms with E-state index in [1.807, 2.05) is 30.3 Å². The zero-order valence-corrected chi connectivity index (χ0v) is 16.3. The molecular formula is C20H18N6O2S. The Hall–Kier alpha value is -3.46. The van der Waals surface area contributed by atoms with E-state index in [9.17, 15) is 9.59 Å². The van der Waals surface area contributed by atoms with E-state index in [2.05, 4.69) is 49.1 Å². The van der Waals surface area contributed by atoms with Gasteiger partial charge < -0.3 is 5.32 Å². The third kappa shape index (κ3) is 4.88. The maximum atomic E-state index is 12.2. The minimum Gasteiger partial charge on any atom is -0.349 e. The molecule has 0 aliphatic carbocycles. The number of aryl methyl sites for hydroxylation is 1. The average molecular weight is 406 g/mol. The number of rotatable bonds is 8. The van der Waals surface area contributed by atoms with Gasteiger partial charge in [0.15, 0.2) is 11.6 Å². The number of nitrogens with one attached hydrogen (secondary N) is 2. The molecule has 1 amide bonds. The molecule has 2 aromatic heterocycles. The van der Waals surface area contributed by atoms with Crippen molar-refractivity contribution in [1.29, 1.82) is 0 Å². The standard InChI is InChI=1S/C20H18N6O2S/c27-15(7-9-18-23-25-26-24-18)12-21-19(28)11-20-22-16-8-6-14(10-17(16)29-20)13-4-2-1-3-5-13/h1-6,8,10H,7,9,11-12H2,(H,21,28)(H,23,24,25,26). The first-order chi connectivity index (χ1) is 14.2. The van der Waals surface area contributed by atoms with Gasteiger partial charge in [-0.1, -0.05) is 41.6 Å². The molecule has 0 saturated heterocycles. The van der Waals surface area contributed by atoms with E-state index in [1.54, 1.807) is 0 Å². The lowest BCUT2D eigenvalue weighted by molar-refractivity contribution is -0.124. The molecule has 0 saturated carbocycles. The second-order valence-corrected chi connectivity index (χ2v) is 7.59. The summed E-state index contributed by atoms with van der Waals surface area (Å²) in [5, 5.41) is 16.7. The molecule has 4 rings (SSSR count). The lowest BCUT2D eigenvalue weighted by atomic mass is 10.1. The van der Waals surface area contributed by atoms with Gasteiger partial charge in [-0.2, -0.15) is 5.21 Å². The second-order valence-electron chi connectivity index (χ2n) is 6.48. The van der Waals surface area contributed by atoms with Crippen LogP contribution in [-0.2, 0) is 22.4 Å². The molecule has 8 nitrogen and oxygen atoms in total. The number of hydrogen-bond acceptors (Lipinski definition) is 7. The quantitative estimate of drug-likeness (QED) is 0.464. The van der Waals surface area contributed by atoms with E-state index >= 15 is 0 Å². The van der Waals surface area contributed by atoms with Crippen LogP contribution in [0.3, 0.4) is 0 Å². The Morgan fingerprint density at radius 3 is 2.72 bits per heavy atom. The Labute approximate surface area is 170 Å². The van der Waals surface area contributed by atoms with Crippen LogP contribution in [0, 0.1) is 0 Å². The van der Waals surface area contributed by atoms with Crippen molar-refractivity contribution in [3.8, 4) is 11.1 Å². The van der Waals surface area contributed by atoms with Gasteiger partial charge in [-0.3, -0.25) is 9.59 Å². The molecule has 0 unspecified atom stereocenters. The van der Waals surface area contributed by atoms with Crippen molar-refractivity contribution in [1.82, 2.24) is 30.9 Å². The van der Waals surface area contributed by atoms with Crippen molar-refractivity contribution >= 4 is 33.2 Å². The van der Waals surface area contributed by atoms with E-state index in [4.69, 9.17) is 0 Å². The second kappa shape index (κ2) is 8.70. The number of benzene rings is 2. The number of tetrazole rings is 1. The topological polar surface area (TPSA) is 114 Å². The SMILES string of the molecule is O=C(CCc1nn[nH]n1)CNC(=O)Cc1nc2ccc(-c3ccccc3)cc2s1. The summed E-state index contributed by atoms with van der Waals surface area (Å²) in [6.07, 6.45) is 0.800. The summed E-state index contributed by atoms with van der Waals surface area (Å²) in [5.74, 6) is 0.175. The number of carbonyl (C=O) groups excluding carboxylic acids is 2. The molecule has 0 bridgehead atoms. The highest BCUT2D eigenvalue weighted by atomic mass is 32.1. The third-order valence-corrected chi connectivity index (χ3v) is 5.37. The number of thiazole rings is 1. The fourth-order valence-electron chi connectivity index (χ4n) is 2.88. The van der Waals surface area contributed by atoms with Gasteiger partial charge in [-0.05, 0) is 23.3 Å². The van der Waals surface area contributed by atoms with E-state index in [1.165, 1.54) is 11.3 Å². The van der Waals surface area contributed by atoms with Crippen LogP contribution in [0.25, 0.3) is 21.3 Å². The molecule has 0 fully saturated rings. The van der Waals surface area contributed by atoms with Crippen LogP contribution in [0.5, 0.6) is 0 Å². The number of Topliss-reactive ketones (excluding diaryl/α,β-unsaturated/α-hetero) is 1. The maximum absolute atomic E-state index is 12.2. The zero-order valence-electron chi connectivity index (χ0n) is 15.5. The first-order valence-electron chi connectivity index (χ1n) is 9.13. The van der Waals surface area contributed by atoms with Gasteiger partial charge in [-0.15, -0.1) is 21.5 Å². The van der Waals surface area contributed by atoms with Gasteiger partial charge in [0.05, 0.1) is 23.2 Å². The zero-order chi connectivity index (χ0) is 20.1. The van der Waals surface area contributed by atoms with E-state index < -0.39 is 0 Å². The van der Waals surface area contributed by atoms with E-state index in [-0.39, 0.29) is 31.1 Å². The summed E-state index contributed by atoms with van der Waals surface area (Å²) in [5.41, 5.74) is 3.13. The number of ketones is 1. The predicted molar refractivity (Wildman–Crippen MR) is 109 cm³/mol. The predicted octanol–water partition coefficient (Wildman–Crippen LogP) is 2.34. The monoisotopic (exact) mass is 406 g/mol. The van der Waals surface area contributed by atoms with Crippen LogP contribution in [0.4, 0.5) is 0 Å². The number of H-pyrrole nitrogens is 1. The van der Waals surface area contributed by atoms with Gasteiger partial charge in [0.2, 0.25) is 5.91 Å². The highest BCUT2D eigenvalue weighted by molar-refractivity contribution is 7.18. The van der Waals surface area contributed by atoms with Gasteiger partial charge in [0, 0.05) is 12.8 Å². The molecule has 2 N–H and O–H groups in total. The number of carbonyl (C=O) groups is 2. The van der Waals surface area contributed by atoms with Crippen molar-refractivity contribution in [2.45, 2.75) is 19.3 Å². The van der Waals surface area contributed by atoms with Crippen LogP contribution in [0.2, 0.25) is 0 Å². The van der Waals surface area contributed by atoms with Crippen molar-refractivity contribution in [3.63, 3.8) is 0 Å². The number of hydrogen-bond donors (Lipinski definition) is 2. The minimum absolute atomic E-state index is 0.0142. The molecular weight excluding hydrogens is 388 g/mol. The van der Waals surface area contributed by atoms with Crippen molar-refractivity contribution < 1.29 is 9.59 Å². The molecule has 0 spiro atoms. The summed E-state index contributed by atoms with van der Waals surface area (Å²) in [6.45, 7) is -0.0142. The molecule has 9 heteroatoms. The molecule has 0 aliphatic rings. The Morgan fingerprint density at radius 2 is 1.93 bits per heavy atom. The molecule has 4 aromatic rings. The number of nitrogens with zero attached hydrogens (tertiary/aromatic N) is 4. The Morgan fingerprint density at radius 1 is 1.07 bits per heavy atom. The average Bonchev–Trinajstić information content (AvgIpc) is 3.40. The Bertz CT molecular complexity index is 1120. The van der Waals surface area contributed by atoms with Crippen molar-refractivity contribution in [2.24, 2.45) is 0 Å². The molecule has 0 aliphatic heterocycles.